The van der Waals surface area contributed by atoms with Gasteiger partial charge < -0.3 is 53.9 Å². The monoisotopic (exact) mass is 1230 g/mol. The van der Waals surface area contributed by atoms with Gasteiger partial charge in [0.25, 0.3) is 11.8 Å². The van der Waals surface area contributed by atoms with Crippen molar-refractivity contribution in [2.75, 3.05) is 82.1 Å². The number of esters is 1. The van der Waals surface area contributed by atoms with E-state index in [0.29, 0.717) is 32.2 Å². The van der Waals surface area contributed by atoms with Gasteiger partial charge in [0, 0.05) is 111 Å². The van der Waals surface area contributed by atoms with Crippen molar-refractivity contribution in [3.63, 3.8) is 0 Å². The number of hydrogen-bond donors (Lipinski definition) is 1. The van der Waals surface area contributed by atoms with Crippen molar-refractivity contribution < 1.29 is 72.3 Å². The molecule has 8 heterocycles. The standard InChI is InChI=1S/C34H39N3O5S.C32H35N3O5S.2CH4.Li.H2O/c1-3-41-32(39)34-11-13-36(19-25(34)18-34)33-35-29(21-43-33)28-16-22(2)4-7-30(28)42-20-23-5-6-27-24(17-23)8-12-37(31(27)38)26-9-14-40-15-10-26;1-20-2-5-28(26(14-20)27-19-41-31(33-27)34-11-9-32(30(37)38)16-23(32)17-34)40-18-21-3-4-25-22(15-21)6-10-35(29(25)36)24-7-12-39-13-8-24;;;;/h4-7,16-17,21,25-26H,3,8-15,18-20H2,1-2H3;2-5,14-15,19,23-24H,6-13,16-18H2,1H3,(H,37,38);2*1H4;;1H2/q;;;;+1;/p-1/t25?,34-;23?,32-;;;;/m11..../s1. The Morgan fingerprint density at radius 1 is 0.625 bits per heavy atom. The minimum atomic E-state index is -0.647. The van der Waals surface area contributed by atoms with Crippen molar-refractivity contribution in [2.45, 2.75) is 125 Å². The first-order chi connectivity index (χ1) is 40.9. The number of hydrogen-bond acceptors (Lipinski definition) is 16. The van der Waals surface area contributed by atoms with E-state index in [9.17, 15) is 24.3 Å². The second-order valence-electron chi connectivity index (χ2n) is 24.3. The second-order valence-corrected chi connectivity index (χ2v) is 26.0. The number of ether oxygens (including phenoxy) is 5. The van der Waals surface area contributed by atoms with Crippen LogP contribution in [0.3, 0.4) is 0 Å². The average molecular weight is 1230 g/mol. The summed E-state index contributed by atoms with van der Waals surface area (Å²) in [6.45, 7) is 14.9. The average Bonchev–Trinajstić information content (AvgIpc) is 1.74. The molecule has 8 aliphatic rings. The van der Waals surface area contributed by atoms with Crippen LogP contribution in [0.4, 0.5) is 10.3 Å². The van der Waals surface area contributed by atoms with Gasteiger partial charge in [-0.15, -0.1) is 22.7 Å². The summed E-state index contributed by atoms with van der Waals surface area (Å²) in [5.41, 5.74) is 11.1. The molecule has 464 valence electrons. The van der Waals surface area contributed by atoms with E-state index < -0.39 is 11.4 Å². The predicted octanol–water partition coefficient (Wildman–Crippen LogP) is 8.93. The maximum absolute atomic E-state index is 13.3. The maximum Gasteiger partial charge on any atom is 1.00 e. The molecule has 0 bridgehead atoms. The third-order valence-electron chi connectivity index (χ3n) is 19.1. The topological polar surface area (TPSA) is 203 Å². The van der Waals surface area contributed by atoms with E-state index in [0.717, 1.165) is 212 Å². The number of carbonyl (C=O) groups excluding carboxylic acids is 3. The van der Waals surface area contributed by atoms with Gasteiger partial charge in [-0.3, -0.25) is 19.2 Å². The Kier molecular flexibility index (Phi) is 20.9. The van der Waals surface area contributed by atoms with Gasteiger partial charge in [0.15, 0.2) is 10.3 Å². The van der Waals surface area contributed by atoms with Crippen LogP contribution < -0.4 is 38.1 Å². The second kappa shape index (κ2) is 27.8. The third-order valence-corrected chi connectivity index (χ3v) is 20.9. The van der Waals surface area contributed by atoms with Crippen LogP contribution in [0, 0.1) is 36.5 Å². The molecule has 2 aromatic heterocycles. The number of aromatic nitrogens is 2. The first-order valence-corrected chi connectivity index (χ1v) is 31.9. The van der Waals surface area contributed by atoms with E-state index in [1.165, 1.54) is 0 Å². The van der Waals surface area contributed by atoms with Crippen molar-refractivity contribution in [3.05, 3.63) is 128 Å². The fourth-order valence-electron chi connectivity index (χ4n) is 13.9. The molecule has 2 aliphatic carbocycles. The van der Waals surface area contributed by atoms with E-state index >= 15 is 0 Å². The smallest absolute Gasteiger partial charge is 0.870 e. The summed E-state index contributed by atoms with van der Waals surface area (Å²) in [6, 6.07) is 25.1. The molecule has 0 spiro atoms. The number of benzene rings is 4. The van der Waals surface area contributed by atoms with Crippen molar-refractivity contribution in [3.8, 4) is 34.0 Å². The number of rotatable bonds is 15. The van der Waals surface area contributed by atoms with Crippen molar-refractivity contribution >= 4 is 56.7 Å². The van der Waals surface area contributed by atoms with Crippen LogP contribution in [0.1, 0.15) is 127 Å². The molecule has 4 saturated heterocycles. The molecule has 17 nitrogen and oxygen atoms in total. The van der Waals surface area contributed by atoms with Crippen LogP contribution in [0.15, 0.2) is 83.6 Å². The Morgan fingerprint density at radius 2 is 1.07 bits per heavy atom. The van der Waals surface area contributed by atoms with E-state index in [1.54, 1.807) is 22.7 Å². The van der Waals surface area contributed by atoms with Crippen LogP contribution in [0.2, 0.25) is 0 Å². The van der Waals surface area contributed by atoms with Gasteiger partial charge in [0.1, 0.15) is 24.7 Å². The number of aryl methyl sites for hydroxylation is 2. The predicted molar refractivity (Wildman–Crippen MR) is 338 cm³/mol. The van der Waals surface area contributed by atoms with Crippen LogP contribution in [-0.2, 0) is 49.9 Å². The SMILES string of the molecule is C.C.CCOC(=O)[C@@]12CCN(c3nc(-c4cc(C)ccc4OCc4ccc5c(c4)CCN(C4CCOCC4)C5=O)cs3)CC1C2.Cc1ccc(OCc2ccc3c(c2)CCN(C2CCOCC2)C3=O)c(-c2csc(N3CC[C@@]4(C(=O)O)CC4C3)n2)c1.[Li+].[OH-]. The number of anilines is 2. The minimum absolute atomic E-state index is 0. The van der Waals surface area contributed by atoms with Crippen LogP contribution >= 0.6 is 22.7 Å². The molecular formula is C68H83LiN6O11S2. The van der Waals surface area contributed by atoms with Gasteiger partial charge in [-0.05, 0) is 155 Å². The van der Waals surface area contributed by atoms with Crippen LogP contribution in [-0.4, -0.2) is 138 Å². The van der Waals surface area contributed by atoms with Gasteiger partial charge in [-0.2, -0.15) is 0 Å². The van der Waals surface area contributed by atoms with E-state index in [-0.39, 0.29) is 80.4 Å². The molecule has 4 atom stereocenters. The number of thiazole rings is 2. The third kappa shape index (κ3) is 13.3. The van der Waals surface area contributed by atoms with Crippen molar-refractivity contribution in [1.82, 2.24) is 19.8 Å². The van der Waals surface area contributed by atoms with Crippen molar-refractivity contribution in [1.29, 1.82) is 0 Å². The molecule has 0 radical (unpaired) electrons. The van der Waals surface area contributed by atoms with Gasteiger partial charge in [0.2, 0.25) is 0 Å². The number of aliphatic carboxylic acids is 1. The quantitative estimate of drug-likeness (QED) is 0.0753. The summed E-state index contributed by atoms with van der Waals surface area (Å²) < 4.78 is 29.1. The maximum atomic E-state index is 13.3. The van der Waals surface area contributed by atoms with E-state index in [2.05, 4.69) is 64.7 Å². The number of piperidine rings is 2. The van der Waals surface area contributed by atoms with Gasteiger partial charge in [-0.25, -0.2) is 9.97 Å². The Balaban J connectivity index is 0.000000201. The minimum Gasteiger partial charge on any atom is -0.870 e. The molecule has 4 aromatic carbocycles. The van der Waals surface area contributed by atoms with Crippen molar-refractivity contribution in [2.24, 2.45) is 22.7 Å². The zero-order chi connectivity index (χ0) is 57.7. The zero-order valence-electron chi connectivity index (χ0n) is 49.7. The van der Waals surface area contributed by atoms with E-state index in [1.807, 2.05) is 59.2 Å². The molecule has 6 fully saturated rings. The summed E-state index contributed by atoms with van der Waals surface area (Å²) in [7, 11) is 0. The normalized spacial score (nSPS) is 22.7. The zero-order valence-corrected chi connectivity index (χ0v) is 51.4. The molecular weight excluding hydrogens is 1150 g/mol. The number of amides is 2. The fraction of sp³-hybridized carbons (Fsp3) is 0.500. The van der Waals surface area contributed by atoms with Crippen LogP contribution in [0.25, 0.3) is 22.5 Å². The molecule has 2 saturated carbocycles. The molecule has 6 aromatic rings. The number of carboxylic acids is 1. The molecule has 88 heavy (non-hydrogen) atoms. The summed E-state index contributed by atoms with van der Waals surface area (Å²) in [5, 5.41) is 15.7. The Morgan fingerprint density at radius 3 is 1.50 bits per heavy atom. The summed E-state index contributed by atoms with van der Waals surface area (Å²) >= 11 is 3.25. The molecule has 14 rings (SSSR count). The van der Waals surface area contributed by atoms with Crippen LogP contribution in [0.5, 0.6) is 11.5 Å². The summed E-state index contributed by atoms with van der Waals surface area (Å²) in [4.78, 5) is 69.3. The largest absolute Gasteiger partial charge is 1.00 e. The number of nitrogens with zero attached hydrogens (tertiary/aromatic N) is 6. The molecule has 2 unspecified atom stereocenters. The fourth-order valence-corrected chi connectivity index (χ4v) is 15.6. The Labute approximate surface area is 537 Å². The first kappa shape index (κ1) is 66.1. The molecule has 20 heteroatoms. The first-order valence-electron chi connectivity index (χ1n) is 30.2. The summed E-state index contributed by atoms with van der Waals surface area (Å²) in [5.74, 6) is 1.74. The van der Waals surface area contributed by atoms with Gasteiger partial charge in [-0.1, -0.05) is 62.4 Å². The van der Waals surface area contributed by atoms with Gasteiger partial charge in [0.05, 0.1) is 28.8 Å². The molecule has 6 aliphatic heterocycles. The molecule has 2 N–H and O–H groups in total. The Hall–Kier alpha value is -6.30. The Bertz CT molecular complexity index is 3490. The number of carboxylic acid groups (broad SMARTS) is 1. The van der Waals surface area contributed by atoms with E-state index in [4.69, 9.17) is 33.7 Å². The molecule has 2 amide bonds. The number of carbonyl (C=O) groups is 4. The number of fused-ring (bicyclic) bond motifs is 4. The van der Waals surface area contributed by atoms with Gasteiger partial charge >= 0.3 is 30.8 Å². The summed E-state index contributed by atoms with van der Waals surface area (Å²) in [6.07, 6.45) is 8.58.